The number of hydrogen-bond acceptors (Lipinski definition) is 4. The maximum atomic E-state index is 11.8. The van der Waals surface area contributed by atoms with Crippen molar-refractivity contribution in [3.8, 4) is 11.5 Å². The van der Waals surface area contributed by atoms with E-state index in [0.29, 0.717) is 18.6 Å². The predicted octanol–water partition coefficient (Wildman–Crippen LogP) is 5.96. The van der Waals surface area contributed by atoms with Crippen LogP contribution in [0.1, 0.15) is 66.0 Å². The van der Waals surface area contributed by atoms with E-state index in [2.05, 4.69) is 26.0 Å². The smallest absolute Gasteiger partial charge is 0.311 e. The van der Waals surface area contributed by atoms with E-state index in [9.17, 15) is 9.59 Å². The Morgan fingerprint density at radius 1 is 0.821 bits per heavy atom. The monoisotopic (exact) mass is 386 g/mol. The molecule has 0 N–H and O–H groups in total. The third-order valence-electron chi connectivity index (χ3n) is 4.53. The molecule has 2 rings (SSSR count). The zero-order chi connectivity index (χ0) is 19.2. The Labute approximate surface area is 169 Å². The Morgan fingerprint density at radius 3 is 1.71 bits per heavy atom. The summed E-state index contributed by atoms with van der Waals surface area (Å²) in [6.45, 7) is 5.82. The van der Waals surface area contributed by atoms with Gasteiger partial charge in [0, 0.05) is 18.3 Å². The molecule has 28 heavy (non-hydrogen) atoms. The lowest BCUT2D eigenvalue weighted by Crippen LogP contribution is -2.18. The summed E-state index contributed by atoms with van der Waals surface area (Å²) in [5.74, 6) is 1.13. The lowest BCUT2D eigenvalue weighted by Gasteiger charge is -2.26. The highest BCUT2D eigenvalue weighted by molar-refractivity contribution is 5.77. The summed E-state index contributed by atoms with van der Waals surface area (Å²) < 4.78 is 10.5. The molecule has 4 heteroatoms. The molecule has 0 bridgehead atoms. The van der Waals surface area contributed by atoms with Gasteiger partial charge in [-0.2, -0.15) is 0 Å². The summed E-state index contributed by atoms with van der Waals surface area (Å²) in [4.78, 5) is 22.7. The number of benzene rings is 2. The number of ether oxygens (including phenoxy) is 2. The summed E-state index contributed by atoms with van der Waals surface area (Å²) in [6.07, 6.45) is 1.18. The highest BCUT2D eigenvalue weighted by Crippen LogP contribution is 2.33. The van der Waals surface area contributed by atoms with Crippen LogP contribution in [0.3, 0.4) is 0 Å². The van der Waals surface area contributed by atoms with Gasteiger partial charge in [-0.25, -0.2) is 0 Å². The molecular formula is C24H34O4. The fourth-order valence-electron chi connectivity index (χ4n) is 2.78. The standard InChI is InChI=1S/C22H26O4.2CH4/c1-16(23)6-5-7-21(24)26-20-14-10-18(11-15-20)22(2,3)17-8-12-19(25-4)13-9-17;;/h8-15H,5-7H2,1-4H3;2*1H4. The van der Waals surface area contributed by atoms with Gasteiger partial charge in [-0.1, -0.05) is 53.0 Å². The van der Waals surface area contributed by atoms with Gasteiger partial charge >= 0.3 is 5.97 Å². The molecule has 0 spiro atoms. The molecular weight excluding hydrogens is 352 g/mol. The zero-order valence-electron chi connectivity index (χ0n) is 15.9. The largest absolute Gasteiger partial charge is 0.497 e. The van der Waals surface area contributed by atoms with Crippen molar-refractivity contribution in [1.82, 2.24) is 0 Å². The second-order valence-electron chi connectivity index (χ2n) is 6.91. The highest BCUT2D eigenvalue weighted by Gasteiger charge is 2.23. The molecule has 0 aliphatic rings. The second kappa shape index (κ2) is 11.3. The molecule has 0 radical (unpaired) electrons. The first kappa shape index (κ1) is 25.4. The van der Waals surface area contributed by atoms with Gasteiger partial charge < -0.3 is 14.3 Å². The molecule has 0 saturated heterocycles. The summed E-state index contributed by atoms with van der Waals surface area (Å²) in [5, 5.41) is 0. The van der Waals surface area contributed by atoms with Crippen LogP contribution >= 0.6 is 0 Å². The first-order chi connectivity index (χ1) is 12.3. The van der Waals surface area contributed by atoms with Crippen molar-refractivity contribution in [2.24, 2.45) is 0 Å². The Morgan fingerprint density at radius 2 is 1.29 bits per heavy atom. The Hall–Kier alpha value is -2.62. The van der Waals surface area contributed by atoms with Crippen molar-refractivity contribution in [3.63, 3.8) is 0 Å². The summed E-state index contributed by atoms with van der Waals surface area (Å²) in [6, 6.07) is 15.6. The maximum Gasteiger partial charge on any atom is 0.311 e. The van der Waals surface area contributed by atoms with Crippen LogP contribution in [0.25, 0.3) is 0 Å². The highest BCUT2D eigenvalue weighted by atomic mass is 16.5. The van der Waals surface area contributed by atoms with E-state index in [-0.39, 0.29) is 38.4 Å². The summed E-state index contributed by atoms with van der Waals surface area (Å²) in [7, 11) is 1.65. The number of hydrogen-bond donors (Lipinski definition) is 0. The molecule has 2 aromatic rings. The first-order valence-electron chi connectivity index (χ1n) is 8.78. The third kappa shape index (κ3) is 6.84. The Balaban J connectivity index is 0.00000364. The fraction of sp³-hybridized carbons (Fsp3) is 0.417. The van der Waals surface area contributed by atoms with Crippen molar-refractivity contribution in [2.45, 2.75) is 60.3 Å². The van der Waals surface area contributed by atoms with Crippen molar-refractivity contribution in [2.75, 3.05) is 7.11 Å². The van der Waals surface area contributed by atoms with Crippen LogP contribution in [0, 0.1) is 0 Å². The minimum absolute atomic E-state index is 0. The predicted molar refractivity (Wildman–Crippen MR) is 115 cm³/mol. The average Bonchev–Trinajstić information content (AvgIpc) is 2.62. The van der Waals surface area contributed by atoms with Crippen LogP contribution in [0.2, 0.25) is 0 Å². The quantitative estimate of drug-likeness (QED) is 0.415. The third-order valence-corrected chi connectivity index (χ3v) is 4.53. The number of rotatable bonds is 8. The molecule has 0 aromatic heterocycles. The van der Waals surface area contributed by atoms with Gasteiger partial charge in [0.25, 0.3) is 0 Å². The minimum atomic E-state index is -0.312. The summed E-state index contributed by atoms with van der Waals surface area (Å²) >= 11 is 0. The number of Topliss-reactive ketones (excluding diaryl/α,β-unsaturated/α-hetero) is 1. The van der Waals surface area contributed by atoms with Gasteiger partial charge in [-0.3, -0.25) is 4.79 Å². The molecule has 0 aliphatic carbocycles. The SMILES string of the molecule is C.C.COc1ccc(C(C)(C)c2ccc(OC(=O)CCCC(C)=O)cc2)cc1. The summed E-state index contributed by atoms with van der Waals surface area (Å²) in [5.41, 5.74) is 2.11. The van der Waals surface area contributed by atoms with Crippen molar-refractivity contribution >= 4 is 11.8 Å². The average molecular weight is 387 g/mol. The van der Waals surface area contributed by atoms with Crippen LogP contribution in [0.4, 0.5) is 0 Å². The molecule has 0 heterocycles. The molecule has 0 aliphatic heterocycles. The lowest BCUT2D eigenvalue weighted by molar-refractivity contribution is -0.134. The van der Waals surface area contributed by atoms with Crippen molar-refractivity contribution < 1.29 is 19.1 Å². The number of carbonyl (C=O) groups is 2. The van der Waals surface area contributed by atoms with Crippen LogP contribution in [0.15, 0.2) is 48.5 Å². The van der Waals surface area contributed by atoms with Gasteiger partial charge in [-0.15, -0.1) is 0 Å². The van der Waals surface area contributed by atoms with Crippen LogP contribution in [-0.4, -0.2) is 18.9 Å². The van der Waals surface area contributed by atoms with E-state index >= 15 is 0 Å². The molecule has 0 unspecified atom stereocenters. The normalized spacial score (nSPS) is 10.3. The fourth-order valence-corrected chi connectivity index (χ4v) is 2.78. The minimum Gasteiger partial charge on any atom is -0.497 e. The van der Waals surface area contributed by atoms with Crippen molar-refractivity contribution in [1.29, 1.82) is 0 Å². The second-order valence-corrected chi connectivity index (χ2v) is 6.91. The van der Waals surface area contributed by atoms with Crippen LogP contribution in [0.5, 0.6) is 11.5 Å². The van der Waals surface area contributed by atoms with Gasteiger partial charge in [-0.05, 0) is 48.7 Å². The van der Waals surface area contributed by atoms with Crippen LogP contribution in [-0.2, 0) is 15.0 Å². The van der Waals surface area contributed by atoms with Gasteiger partial charge in [0.1, 0.15) is 17.3 Å². The topological polar surface area (TPSA) is 52.6 Å². The van der Waals surface area contributed by atoms with E-state index in [1.807, 2.05) is 36.4 Å². The van der Waals surface area contributed by atoms with E-state index in [4.69, 9.17) is 9.47 Å². The molecule has 0 atom stereocenters. The molecule has 0 amide bonds. The van der Waals surface area contributed by atoms with Gasteiger partial charge in [0.15, 0.2) is 0 Å². The number of esters is 1. The number of methoxy groups -OCH3 is 1. The molecule has 2 aromatic carbocycles. The Bertz CT molecular complexity index is 743. The molecule has 4 nitrogen and oxygen atoms in total. The molecule has 0 fully saturated rings. The van der Waals surface area contributed by atoms with Gasteiger partial charge in [0.2, 0.25) is 0 Å². The van der Waals surface area contributed by atoms with E-state index in [1.165, 1.54) is 12.5 Å². The van der Waals surface area contributed by atoms with E-state index in [0.717, 1.165) is 11.3 Å². The van der Waals surface area contributed by atoms with Crippen molar-refractivity contribution in [3.05, 3.63) is 59.7 Å². The maximum absolute atomic E-state index is 11.8. The molecule has 0 saturated carbocycles. The zero-order valence-corrected chi connectivity index (χ0v) is 15.9. The van der Waals surface area contributed by atoms with E-state index in [1.54, 1.807) is 7.11 Å². The van der Waals surface area contributed by atoms with E-state index < -0.39 is 0 Å². The Kier molecular flexibility index (Phi) is 10.2. The van der Waals surface area contributed by atoms with Crippen LogP contribution < -0.4 is 9.47 Å². The molecule has 154 valence electrons. The number of carbonyl (C=O) groups excluding carboxylic acids is 2. The first-order valence-corrected chi connectivity index (χ1v) is 8.78. The number of ketones is 1. The van der Waals surface area contributed by atoms with Gasteiger partial charge in [0.05, 0.1) is 7.11 Å². The lowest BCUT2D eigenvalue weighted by atomic mass is 9.78.